The second-order valence-corrected chi connectivity index (χ2v) is 5.79. The zero-order valence-corrected chi connectivity index (χ0v) is 13.9. The molecule has 0 spiro atoms. The number of nitrogens with zero attached hydrogens (tertiary/aromatic N) is 2. The molecule has 0 N–H and O–H groups in total. The number of aryl methyl sites for hydroxylation is 1. The lowest BCUT2D eigenvalue weighted by atomic mass is 10.0. The van der Waals surface area contributed by atoms with Crippen molar-refractivity contribution in [2.45, 2.75) is 13.8 Å². The third kappa shape index (κ3) is 3.22. The van der Waals surface area contributed by atoms with E-state index in [-0.39, 0.29) is 17.0 Å². The number of aromatic nitrogens is 1. The Morgan fingerprint density at radius 2 is 1.80 bits per heavy atom. The van der Waals surface area contributed by atoms with Crippen LogP contribution in [0.25, 0.3) is 17.3 Å². The zero-order chi connectivity index (χ0) is 18.0. The lowest BCUT2D eigenvalue weighted by Crippen LogP contribution is -1.99. The molecule has 0 bridgehead atoms. The van der Waals surface area contributed by atoms with Crippen LogP contribution in [0, 0.1) is 36.8 Å². The molecular formula is C21H16F2N2. The van der Waals surface area contributed by atoms with Crippen molar-refractivity contribution >= 4 is 11.6 Å². The highest BCUT2D eigenvalue weighted by molar-refractivity contribution is 5.90. The molecule has 124 valence electrons. The Hall–Kier alpha value is -3.19. The van der Waals surface area contributed by atoms with E-state index in [9.17, 15) is 14.0 Å². The molecule has 0 aliphatic carbocycles. The fourth-order valence-corrected chi connectivity index (χ4v) is 2.95. The molecule has 0 aliphatic rings. The van der Waals surface area contributed by atoms with Gasteiger partial charge in [0.05, 0.1) is 11.6 Å². The van der Waals surface area contributed by atoms with Crippen molar-refractivity contribution in [1.29, 1.82) is 5.26 Å². The van der Waals surface area contributed by atoms with Gasteiger partial charge >= 0.3 is 0 Å². The highest BCUT2D eigenvalue weighted by atomic mass is 19.1. The first-order chi connectivity index (χ1) is 12.0. The van der Waals surface area contributed by atoms with Gasteiger partial charge < -0.3 is 4.57 Å². The van der Waals surface area contributed by atoms with E-state index >= 15 is 0 Å². The summed E-state index contributed by atoms with van der Waals surface area (Å²) < 4.78 is 29.4. The van der Waals surface area contributed by atoms with E-state index in [1.54, 1.807) is 30.3 Å². The minimum Gasteiger partial charge on any atom is -0.318 e. The molecule has 2 nitrogen and oxygen atoms in total. The molecule has 0 unspecified atom stereocenters. The van der Waals surface area contributed by atoms with Gasteiger partial charge in [0, 0.05) is 22.6 Å². The summed E-state index contributed by atoms with van der Waals surface area (Å²) in [4.78, 5) is 0. The van der Waals surface area contributed by atoms with Crippen LogP contribution in [-0.4, -0.2) is 4.57 Å². The molecule has 3 rings (SSSR count). The molecule has 0 atom stereocenters. The molecule has 3 aromatic rings. The first-order valence-corrected chi connectivity index (χ1v) is 7.83. The van der Waals surface area contributed by atoms with Gasteiger partial charge in [-0.25, -0.2) is 8.78 Å². The fraction of sp³-hybridized carbons (Fsp3) is 0.0952. The van der Waals surface area contributed by atoms with E-state index < -0.39 is 5.82 Å². The monoisotopic (exact) mass is 334 g/mol. The summed E-state index contributed by atoms with van der Waals surface area (Å²) in [7, 11) is 0. The molecule has 0 aliphatic heterocycles. The molecule has 4 heteroatoms. The molecule has 0 saturated heterocycles. The Balaban J connectivity index is 2.12. The quantitative estimate of drug-likeness (QED) is 0.587. The number of hydrogen-bond acceptors (Lipinski definition) is 1. The lowest BCUT2D eigenvalue weighted by Gasteiger charge is -2.09. The van der Waals surface area contributed by atoms with Crippen LogP contribution in [0.4, 0.5) is 8.78 Å². The Labute approximate surface area is 145 Å². The number of benzene rings is 2. The summed E-state index contributed by atoms with van der Waals surface area (Å²) in [6, 6.07) is 16.5. The van der Waals surface area contributed by atoms with E-state index in [1.165, 1.54) is 18.2 Å². The number of allylic oxidation sites excluding steroid dienone is 1. The average molecular weight is 334 g/mol. The Kier molecular flexibility index (Phi) is 4.49. The van der Waals surface area contributed by atoms with Crippen molar-refractivity contribution < 1.29 is 8.78 Å². The van der Waals surface area contributed by atoms with Crippen molar-refractivity contribution in [1.82, 2.24) is 4.57 Å². The van der Waals surface area contributed by atoms with Crippen LogP contribution in [0.5, 0.6) is 0 Å². The van der Waals surface area contributed by atoms with Crippen LogP contribution in [0.15, 0.2) is 54.6 Å². The van der Waals surface area contributed by atoms with Crippen molar-refractivity contribution in [3.8, 4) is 11.8 Å². The molecule has 2 aromatic carbocycles. The third-order valence-electron chi connectivity index (χ3n) is 4.12. The largest absolute Gasteiger partial charge is 0.318 e. The van der Waals surface area contributed by atoms with E-state index in [0.29, 0.717) is 5.69 Å². The van der Waals surface area contributed by atoms with Gasteiger partial charge in [-0.15, -0.1) is 0 Å². The smallest absolute Gasteiger partial charge is 0.131 e. The third-order valence-corrected chi connectivity index (χ3v) is 4.12. The van der Waals surface area contributed by atoms with Gasteiger partial charge in [-0.3, -0.25) is 0 Å². The normalized spacial score (nSPS) is 11.4. The maximum absolute atomic E-state index is 14.0. The Morgan fingerprint density at radius 3 is 2.48 bits per heavy atom. The summed E-state index contributed by atoms with van der Waals surface area (Å²) in [6.45, 7) is 3.80. The molecule has 0 radical (unpaired) electrons. The van der Waals surface area contributed by atoms with Crippen LogP contribution >= 0.6 is 0 Å². The maximum atomic E-state index is 14.0. The van der Waals surface area contributed by atoms with Crippen LogP contribution in [0.1, 0.15) is 22.5 Å². The molecule has 1 heterocycles. The van der Waals surface area contributed by atoms with E-state index in [2.05, 4.69) is 6.07 Å². The van der Waals surface area contributed by atoms with Crippen molar-refractivity contribution in [3.05, 3.63) is 88.7 Å². The second kappa shape index (κ2) is 6.74. The first-order valence-electron chi connectivity index (χ1n) is 7.83. The van der Waals surface area contributed by atoms with Gasteiger partial charge in [-0.2, -0.15) is 5.26 Å². The van der Waals surface area contributed by atoms with Crippen LogP contribution in [-0.2, 0) is 0 Å². The van der Waals surface area contributed by atoms with Gasteiger partial charge in [0.1, 0.15) is 11.6 Å². The fourth-order valence-electron chi connectivity index (χ4n) is 2.95. The second-order valence-electron chi connectivity index (χ2n) is 5.79. The Morgan fingerprint density at radius 1 is 1.04 bits per heavy atom. The van der Waals surface area contributed by atoms with Crippen LogP contribution in [0.3, 0.4) is 0 Å². The van der Waals surface area contributed by atoms with Gasteiger partial charge in [-0.1, -0.05) is 24.3 Å². The minimum absolute atomic E-state index is 0.248. The predicted molar refractivity (Wildman–Crippen MR) is 95.1 cm³/mol. The summed E-state index contributed by atoms with van der Waals surface area (Å²) in [5, 5.41) is 9.44. The summed E-state index contributed by atoms with van der Waals surface area (Å²) in [5.74, 6) is -0.750. The van der Waals surface area contributed by atoms with Crippen molar-refractivity contribution in [2.24, 2.45) is 0 Å². The summed E-state index contributed by atoms with van der Waals surface area (Å²) in [6.07, 6.45) is 1.66. The van der Waals surface area contributed by atoms with Gasteiger partial charge in [0.25, 0.3) is 0 Å². The van der Waals surface area contributed by atoms with Crippen LogP contribution in [0.2, 0.25) is 0 Å². The molecule has 0 saturated carbocycles. The van der Waals surface area contributed by atoms with E-state index in [4.69, 9.17) is 0 Å². The number of hydrogen-bond donors (Lipinski definition) is 0. The molecule has 1 aromatic heterocycles. The van der Waals surface area contributed by atoms with E-state index in [1.807, 2.05) is 30.5 Å². The average Bonchev–Trinajstić information content (AvgIpc) is 2.87. The van der Waals surface area contributed by atoms with Crippen molar-refractivity contribution in [3.63, 3.8) is 0 Å². The van der Waals surface area contributed by atoms with Crippen molar-refractivity contribution in [2.75, 3.05) is 0 Å². The predicted octanol–water partition coefficient (Wildman–Crippen LogP) is 5.44. The highest BCUT2D eigenvalue weighted by Gasteiger charge is 2.12. The summed E-state index contributed by atoms with van der Waals surface area (Å²) >= 11 is 0. The van der Waals surface area contributed by atoms with E-state index in [0.717, 1.165) is 17.0 Å². The highest BCUT2D eigenvalue weighted by Crippen LogP contribution is 2.26. The minimum atomic E-state index is -0.436. The van der Waals surface area contributed by atoms with Crippen LogP contribution < -0.4 is 0 Å². The SMILES string of the molecule is Cc1cc(/C=C(/C#N)c2ccccc2F)c(C)n1-c1cccc(F)c1. The zero-order valence-electron chi connectivity index (χ0n) is 13.9. The van der Waals surface area contributed by atoms with Gasteiger partial charge in [0.2, 0.25) is 0 Å². The topological polar surface area (TPSA) is 28.7 Å². The number of halogens is 2. The first kappa shape index (κ1) is 16.7. The molecular weight excluding hydrogens is 318 g/mol. The van der Waals surface area contributed by atoms with Gasteiger partial charge in [-0.05, 0) is 55.8 Å². The van der Waals surface area contributed by atoms with Gasteiger partial charge in [0.15, 0.2) is 0 Å². The molecule has 0 amide bonds. The Bertz CT molecular complexity index is 1010. The maximum Gasteiger partial charge on any atom is 0.131 e. The molecule has 0 fully saturated rings. The molecule has 25 heavy (non-hydrogen) atoms. The summed E-state index contributed by atoms with van der Waals surface area (Å²) in [5.41, 5.74) is 3.77. The standard InChI is InChI=1S/C21H16F2N2/c1-14-10-16(11-17(13-24)20-8-3-4-9-21(20)23)15(2)25(14)19-7-5-6-18(22)12-19/h3-12H,1-2H3/b17-11-. The number of nitriles is 1. The number of rotatable bonds is 3. The lowest BCUT2D eigenvalue weighted by molar-refractivity contribution is 0.624.